The van der Waals surface area contributed by atoms with Crippen molar-refractivity contribution in [1.29, 1.82) is 5.26 Å². The van der Waals surface area contributed by atoms with Crippen LogP contribution in [0.15, 0.2) is 47.4 Å². The number of methoxy groups -OCH3 is 2. The maximum Gasteiger partial charge on any atom is 0.244 e. The van der Waals surface area contributed by atoms with Crippen LogP contribution >= 0.6 is 0 Å². The summed E-state index contributed by atoms with van der Waals surface area (Å²) >= 11 is 0. The first-order valence-corrected chi connectivity index (χ1v) is 8.55. The lowest BCUT2D eigenvalue weighted by Gasteiger charge is -2.20. The fraction of sp³-hybridized carbons (Fsp3) is 0.235. The van der Waals surface area contributed by atoms with E-state index in [0.29, 0.717) is 17.1 Å². The highest BCUT2D eigenvalue weighted by Crippen LogP contribution is 2.32. The van der Waals surface area contributed by atoms with Crippen LogP contribution < -0.4 is 9.47 Å². The maximum atomic E-state index is 12.8. The molecule has 0 aliphatic carbocycles. The predicted octanol–water partition coefficient (Wildman–Crippen LogP) is 2.40. The molecule has 2 rings (SSSR count). The van der Waals surface area contributed by atoms with Crippen LogP contribution in [0.25, 0.3) is 0 Å². The summed E-state index contributed by atoms with van der Waals surface area (Å²) in [6.45, 7) is 0.0858. The monoisotopic (exact) mass is 346 g/mol. The summed E-state index contributed by atoms with van der Waals surface area (Å²) in [6.07, 6.45) is 0. The Balaban J connectivity index is 2.40. The van der Waals surface area contributed by atoms with Crippen LogP contribution in [0.2, 0.25) is 0 Å². The average Bonchev–Trinajstić information content (AvgIpc) is 2.61. The van der Waals surface area contributed by atoms with Crippen LogP contribution in [-0.2, 0) is 16.6 Å². The van der Waals surface area contributed by atoms with E-state index >= 15 is 0 Å². The lowest BCUT2D eigenvalue weighted by molar-refractivity contribution is 0.347. The van der Waals surface area contributed by atoms with E-state index in [2.05, 4.69) is 0 Å². The highest BCUT2D eigenvalue weighted by molar-refractivity contribution is 7.89. The Hall–Kier alpha value is -2.56. The van der Waals surface area contributed by atoms with Crippen molar-refractivity contribution in [3.05, 3.63) is 53.6 Å². The molecule has 6 nitrogen and oxygen atoms in total. The lowest BCUT2D eigenvalue weighted by Crippen LogP contribution is -2.27. The van der Waals surface area contributed by atoms with E-state index in [1.165, 1.54) is 37.7 Å². The van der Waals surface area contributed by atoms with E-state index in [-0.39, 0.29) is 17.0 Å². The topological polar surface area (TPSA) is 79.6 Å². The molecule has 0 saturated carbocycles. The zero-order valence-electron chi connectivity index (χ0n) is 13.7. The smallest absolute Gasteiger partial charge is 0.244 e. The van der Waals surface area contributed by atoms with E-state index < -0.39 is 10.0 Å². The van der Waals surface area contributed by atoms with Gasteiger partial charge in [0.2, 0.25) is 10.0 Å². The Morgan fingerprint density at radius 1 is 1.08 bits per heavy atom. The molecule has 0 radical (unpaired) electrons. The summed E-state index contributed by atoms with van der Waals surface area (Å²) in [4.78, 5) is -0.0168. The first-order valence-electron chi connectivity index (χ1n) is 7.11. The summed E-state index contributed by atoms with van der Waals surface area (Å²) in [5.41, 5.74) is 0.777. The standard InChI is InChI=1S/C17H18N2O4S/c1-19(12-14-8-6-9-15(22-2)17(14)23-3)24(20,21)16-10-5-4-7-13(16)11-18/h4-10H,12H2,1-3H3. The van der Waals surface area contributed by atoms with Gasteiger partial charge < -0.3 is 9.47 Å². The number of rotatable bonds is 6. The third-order valence-corrected chi connectivity index (χ3v) is 5.43. The number of ether oxygens (including phenoxy) is 2. The quantitative estimate of drug-likeness (QED) is 0.802. The molecule has 2 aromatic carbocycles. The summed E-state index contributed by atoms with van der Waals surface area (Å²) in [7, 11) is 0.671. The summed E-state index contributed by atoms with van der Waals surface area (Å²) in [5.74, 6) is 1.01. The highest BCUT2D eigenvalue weighted by atomic mass is 32.2. The number of nitrogens with zero attached hydrogens (tertiary/aromatic N) is 2. The highest BCUT2D eigenvalue weighted by Gasteiger charge is 2.25. The number of hydrogen-bond donors (Lipinski definition) is 0. The number of nitriles is 1. The summed E-state index contributed by atoms with van der Waals surface area (Å²) in [5, 5.41) is 9.13. The SMILES string of the molecule is COc1cccc(CN(C)S(=O)(=O)c2ccccc2C#N)c1OC. The van der Waals surface area contributed by atoms with Crippen LogP contribution in [0, 0.1) is 11.3 Å². The van der Waals surface area contributed by atoms with Gasteiger partial charge in [0.25, 0.3) is 0 Å². The van der Waals surface area contributed by atoms with Gasteiger partial charge in [-0.05, 0) is 18.2 Å². The second-order valence-corrected chi connectivity index (χ2v) is 7.03. The van der Waals surface area contributed by atoms with Crippen molar-refractivity contribution in [3.8, 4) is 17.6 Å². The maximum absolute atomic E-state index is 12.8. The molecule has 0 saturated heterocycles. The van der Waals surface area contributed by atoms with Crippen LogP contribution in [0.5, 0.6) is 11.5 Å². The van der Waals surface area contributed by atoms with Gasteiger partial charge in [-0.25, -0.2) is 8.42 Å². The molecule has 0 unspecified atom stereocenters. The Bertz CT molecular complexity index is 872. The van der Waals surface area contributed by atoms with Crippen LogP contribution in [-0.4, -0.2) is 34.0 Å². The number of hydrogen-bond acceptors (Lipinski definition) is 5. The average molecular weight is 346 g/mol. The molecular weight excluding hydrogens is 328 g/mol. The zero-order valence-corrected chi connectivity index (χ0v) is 14.5. The van der Waals surface area contributed by atoms with E-state index in [0.717, 1.165) is 0 Å². The van der Waals surface area contributed by atoms with Gasteiger partial charge in [-0.2, -0.15) is 9.57 Å². The van der Waals surface area contributed by atoms with E-state index in [9.17, 15) is 8.42 Å². The van der Waals surface area contributed by atoms with Crippen molar-refractivity contribution < 1.29 is 17.9 Å². The first kappa shape index (κ1) is 17.8. The second-order valence-electron chi connectivity index (χ2n) is 5.02. The van der Waals surface area contributed by atoms with Gasteiger partial charge in [0.05, 0.1) is 24.7 Å². The minimum absolute atomic E-state index is 0.0168. The minimum atomic E-state index is -3.81. The molecule has 0 heterocycles. The predicted molar refractivity (Wildman–Crippen MR) is 89.4 cm³/mol. The molecular formula is C17H18N2O4S. The van der Waals surface area contributed by atoms with Gasteiger partial charge in [0, 0.05) is 19.2 Å². The molecule has 126 valence electrons. The lowest BCUT2D eigenvalue weighted by atomic mass is 10.2. The minimum Gasteiger partial charge on any atom is -0.493 e. The van der Waals surface area contributed by atoms with E-state index in [1.807, 2.05) is 6.07 Å². The molecule has 0 fully saturated rings. The van der Waals surface area contributed by atoms with E-state index in [4.69, 9.17) is 14.7 Å². The van der Waals surface area contributed by atoms with Gasteiger partial charge in [0.1, 0.15) is 6.07 Å². The molecule has 7 heteroatoms. The van der Waals surface area contributed by atoms with Crippen molar-refractivity contribution in [2.24, 2.45) is 0 Å². The molecule has 24 heavy (non-hydrogen) atoms. The van der Waals surface area contributed by atoms with Crippen LogP contribution in [0.3, 0.4) is 0 Å². The molecule has 0 aliphatic heterocycles. The molecule has 0 atom stereocenters. The zero-order chi connectivity index (χ0) is 17.7. The Labute approximate surface area is 141 Å². The normalized spacial score (nSPS) is 11.1. The first-order chi connectivity index (χ1) is 11.5. The van der Waals surface area contributed by atoms with Crippen molar-refractivity contribution in [2.45, 2.75) is 11.4 Å². The van der Waals surface area contributed by atoms with Crippen LogP contribution in [0.4, 0.5) is 0 Å². The fourth-order valence-electron chi connectivity index (χ4n) is 2.35. The molecule has 0 bridgehead atoms. The third-order valence-electron chi connectivity index (χ3n) is 3.57. The molecule has 0 aliphatic rings. The molecule has 2 aromatic rings. The number of sulfonamides is 1. The molecule has 0 spiro atoms. The largest absolute Gasteiger partial charge is 0.493 e. The molecule has 0 amide bonds. The van der Waals surface area contributed by atoms with Gasteiger partial charge in [-0.15, -0.1) is 0 Å². The Morgan fingerprint density at radius 3 is 2.42 bits per heavy atom. The Morgan fingerprint density at radius 2 is 1.79 bits per heavy atom. The Kier molecular flexibility index (Phi) is 5.44. The van der Waals surface area contributed by atoms with Gasteiger partial charge in [0.15, 0.2) is 11.5 Å². The van der Waals surface area contributed by atoms with Gasteiger partial charge >= 0.3 is 0 Å². The fourth-order valence-corrected chi connectivity index (χ4v) is 3.64. The van der Waals surface area contributed by atoms with Gasteiger partial charge in [-0.1, -0.05) is 24.3 Å². The third kappa shape index (κ3) is 3.35. The number of benzene rings is 2. The molecule has 0 aromatic heterocycles. The van der Waals surface area contributed by atoms with Crippen LogP contribution in [0.1, 0.15) is 11.1 Å². The summed E-state index contributed by atoms with van der Waals surface area (Å²) in [6, 6.07) is 13.3. The number of para-hydroxylation sites is 1. The van der Waals surface area contributed by atoms with Crippen molar-refractivity contribution in [1.82, 2.24) is 4.31 Å². The van der Waals surface area contributed by atoms with Gasteiger partial charge in [-0.3, -0.25) is 0 Å². The van der Waals surface area contributed by atoms with E-state index in [1.54, 1.807) is 30.3 Å². The summed E-state index contributed by atoms with van der Waals surface area (Å²) < 4.78 is 37.3. The van der Waals surface area contributed by atoms with Crippen molar-refractivity contribution >= 4 is 10.0 Å². The second kappa shape index (κ2) is 7.34. The van der Waals surface area contributed by atoms with Crippen molar-refractivity contribution in [3.63, 3.8) is 0 Å². The van der Waals surface area contributed by atoms with Crippen molar-refractivity contribution in [2.75, 3.05) is 21.3 Å². The molecule has 0 N–H and O–H groups in total.